The van der Waals surface area contributed by atoms with Gasteiger partial charge in [-0.3, -0.25) is 4.99 Å². The Kier molecular flexibility index (Phi) is 7.32. The first-order valence-corrected chi connectivity index (χ1v) is 6.43. The second kappa shape index (κ2) is 8.94. The minimum absolute atomic E-state index is 0.801. The molecule has 0 aliphatic heterocycles. The molecule has 1 rings (SSSR count). The van der Waals surface area contributed by atoms with Crippen LogP contribution in [0.3, 0.4) is 0 Å². The first-order valence-electron chi connectivity index (χ1n) is 6.43. The lowest BCUT2D eigenvalue weighted by Gasteiger charge is -2.05. The molecule has 0 atom stereocenters. The van der Waals surface area contributed by atoms with E-state index in [4.69, 9.17) is 4.74 Å². The summed E-state index contributed by atoms with van der Waals surface area (Å²) >= 11 is 0. The summed E-state index contributed by atoms with van der Waals surface area (Å²) < 4.78 is 5.61. The fourth-order valence-corrected chi connectivity index (χ4v) is 1.76. The van der Waals surface area contributed by atoms with E-state index < -0.39 is 0 Å². The SMILES string of the molecule is CC/C(CCOCCCc1ccccc1)=N\C. The van der Waals surface area contributed by atoms with Crippen LogP contribution < -0.4 is 0 Å². The third-order valence-corrected chi connectivity index (χ3v) is 2.86. The van der Waals surface area contributed by atoms with Crippen molar-refractivity contribution in [2.75, 3.05) is 20.3 Å². The highest BCUT2D eigenvalue weighted by Gasteiger charge is 1.96. The first kappa shape index (κ1) is 13.9. The summed E-state index contributed by atoms with van der Waals surface area (Å²) in [6.07, 6.45) is 4.19. The second-order valence-electron chi connectivity index (χ2n) is 4.09. The van der Waals surface area contributed by atoms with Crippen molar-refractivity contribution in [1.29, 1.82) is 0 Å². The van der Waals surface area contributed by atoms with Crippen LogP contribution in [0, 0.1) is 0 Å². The van der Waals surface area contributed by atoms with Gasteiger partial charge < -0.3 is 4.74 Å². The van der Waals surface area contributed by atoms with E-state index in [-0.39, 0.29) is 0 Å². The van der Waals surface area contributed by atoms with Crippen molar-refractivity contribution in [2.45, 2.75) is 32.6 Å². The quantitative estimate of drug-likeness (QED) is 0.497. The summed E-state index contributed by atoms with van der Waals surface area (Å²) in [6, 6.07) is 10.6. The molecule has 0 aliphatic carbocycles. The lowest BCUT2D eigenvalue weighted by Crippen LogP contribution is -2.05. The molecule has 17 heavy (non-hydrogen) atoms. The maximum atomic E-state index is 5.61. The minimum atomic E-state index is 0.801. The standard InChI is InChI=1S/C15H23NO/c1-3-15(16-2)11-13-17-12-7-10-14-8-5-4-6-9-14/h4-6,8-9H,3,7,10-13H2,1-2H3/b16-15+. The molecule has 0 spiro atoms. The molecule has 0 radical (unpaired) electrons. The average Bonchev–Trinajstić information content (AvgIpc) is 2.39. The molecule has 0 aromatic heterocycles. The zero-order valence-corrected chi connectivity index (χ0v) is 11.0. The van der Waals surface area contributed by atoms with Crippen LogP contribution in [-0.4, -0.2) is 26.0 Å². The number of hydrogen-bond donors (Lipinski definition) is 0. The minimum Gasteiger partial charge on any atom is -0.381 e. The fraction of sp³-hybridized carbons (Fsp3) is 0.533. The summed E-state index contributed by atoms with van der Waals surface area (Å²) in [4.78, 5) is 4.21. The number of aliphatic imine (C=N–C) groups is 1. The van der Waals surface area contributed by atoms with Crippen molar-refractivity contribution in [3.05, 3.63) is 35.9 Å². The Morgan fingerprint density at radius 2 is 1.94 bits per heavy atom. The number of benzene rings is 1. The smallest absolute Gasteiger partial charge is 0.0518 e. The van der Waals surface area contributed by atoms with Gasteiger partial charge in [-0.05, 0) is 24.8 Å². The van der Waals surface area contributed by atoms with Gasteiger partial charge in [0.15, 0.2) is 0 Å². The van der Waals surface area contributed by atoms with E-state index in [0.29, 0.717) is 0 Å². The summed E-state index contributed by atoms with van der Waals surface area (Å²) in [7, 11) is 1.86. The van der Waals surface area contributed by atoms with E-state index in [2.05, 4.69) is 42.2 Å². The zero-order valence-electron chi connectivity index (χ0n) is 11.0. The van der Waals surface area contributed by atoms with Crippen LogP contribution in [0.2, 0.25) is 0 Å². The number of hydrogen-bond acceptors (Lipinski definition) is 2. The lowest BCUT2D eigenvalue weighted by molar-refractivity contribution is 0.138. The molecule has 0 heterocycles. The number of aryl methyl sites for hydroxylation is 1. The van der Waals surface area contributed by atoms with Crippen molar-refractivity contribution in [3.63, 3.8) is 0 Å². The van der Waals surface area contributed by atoms with Gasteiger partial charge >= 0.3 is 0 Å². The lowest BCUT2D eigenvalue weighted by atomic mass is 10.1. The third-order valence-electron chi connectivity index (χ3n) is 2.86. The van der Waals surface area contributed by atoms with Gasteiger partial charge in [0.25, 0.3) is 0 Å². The second-order valence-corrected chi connectivity index (χ2v) is 4.09. The van der Waals surface area contributed by atoms with E-state index in [1.54, 1.807) is 0 Å². The van der Waals surface area contributed by atoms with E-state index in [9.17, 15) is 0 Å². The molecular formula is C15H23NO. The molecule has 2 heteroatoms. The van der Waals surface area contributed by atoms with E-state index >= 15 is 0 Å². The van der Waals surface area contributed by atoms with Gasteiger partial charge in [-0.1, -0.05) is 37.3 Å². The van der Waals surface area contributed by atoms with Gasteiger partial charge in [-0.2, -0.15) is 0 Å². The van der Waals surface area contributed by atoms with Gasteiger partial charge in [0.1, 0.15) is 0 Å². The van der Waals surface area contributed by atoms with Gasteiger partial charge in [-0.25, -0.2) is 0 Å². The normalized spacial score (nSPS) is 11.8. The first-order chi connectivity index (χ1) is 8.36. The molecular weight excluding hydrogens is 210 g/mol. The Morgan fingerprint density at radius 1 is 1.18 bits per heavy atom. The summed E-state index contributed by atoms with van der Waals surface area (Å²) in [5.41, 5.74) is 2.63. The third kappa shape index (κ3) is 6.22. The Morgan fingerprint density at radius 3 is 2.59 bits per heavy atom. The molecule has 94 valence electrons. The van der Waals surface area contributed by atoms with E-state index in [1.807, 2.05) is 7.05 Å². The van der Waals surface area contributed by atoms with E-state index in [1.165, 1.54) is 11.3 Å². The Labute approximate surface area is 105 Å². The largest absolute Gasteiger partial charge is 0.381 e. The van der Waals surface area contributed by atoms with Gasteiger partial charge in [0.05, 0.1) is 6.61 Å². The van der Waals surface area contributed by atoms with Crippen LogP contribution >= 0.6 is 0 Å². The van der Waals surface area contributed by atoms with Gasteiger partial charge in [0, 0.05) is 25.8 Å². The summed E-state index contributed by atoms with van der Waals surface area (Å²) in [5.74, 6) is 0. The topological polar surface area (TPSA) is 21.6 Å². The van der Waals surface area contributed by atoms with Gasteiger partial charge in [-0.15, -0.1) is 0 Å². The van der Waals surface area contributed by atoms with Crippen molar-refractivity contribution in [2.24, 2.45) is 4.99 Å². The molecule has 0 saturated carbocycles. The Balaban J connectivity index is 2.02. The van der Waals surface area contributed by atoms with E-state index in [0.717, 1.165) is 38.9 Å². The molecule has 0 N–H and O–H groups in total. The average molecular weight is 233 g/mol. The van der Waals surface area contributed by atoms with Crippen molar-refractivity contribution in [3.8, 4) is 0 Å². The Hall–Kier alpha value is -1.15. The number of ether oxygens (including phenoxy) is 1. The molecule has 0 amide bonds. The predicted molar refractivity (Wildman–Crippen MR) is 73.8 cm³/mol. The van der Waals surface area contributed by atoms with Crippen LogP contribution in [0.1, 0.15) is 31.7 Å². The predicted octanol–water partition coefficient (Wildman–Crippen LogP) is 3.51. The summed E-state index contributed by atoms with van der Waals surface area (Å²) in [5, 5.41) is 0. The van der Waals surface area contributed by atoms with Crippen molar-refractivity contribution < 1.29 is 4.74 Å². The molecule has 0 fully saturated rings. The highest BCUT2D eigenvalue weighted by atomic mass is 16.5. The Bertz CT molecular complexity index is 319. The molecule has 0 saturated heterocycles. The fourth-order valence-electron chi connectivity index (χ4n) is 1.76. The molecule has 1 aromatic carbocycles. The number of rotatable bonds is 8. The molecule has 0 aliphatic rings. The molecule has 0 bridgehead atoms. The monoisotopic (exact) mass is 233 g/mol. The molecule has 1 aromatic rings. The van der Waals surface area contributed by atoms with Crippen molar-refractivity contribution in [1.82, 2.24) is 0 Å². The highest BCUT2D eigenvalue weighted by Crippen LogP contribution is 2.02. The van der Waals surface area contributed by atoms with Crippen LogP contribution in [0.25, 0.3) is 0 Å². The van der Waals surface area contributed by atoms with Crippen LogP contribution in [-0.2, 0) is 11.2 Å². The molecule has 0 unspecified atom stereocenters. The summed E-state index contributed by atoms with van der Waals surface area (Å²) in [6.45, 7) is 3.78. The molecule has 2 nitrogen and oxygen atoms in total. The maximum absolute atomic E-state index is 5.61. The van der Waals surface area contributed by atoms with Crippen LogP contribution in [0.15, 0.2) is 35.3 Å². The number of nitrogens with zero attached hydrogens (tertiary/aromatic N) is 1. The maximum Gasteiger partial charge on any atom is 0.0518 e. The highest BCUT2D eigenvalue weighted by molar-refractivity contribution is 5.84. The van der Waals surface area contributed by atoms with Crippen molar-refractivity contribution >= 4 is 5.71 Å². The zero-order chi connectivity index (χ0) is 12.3. The van der Waals surface area contributed by atoms with Gasteiger partial charge in [0.2, 0.25) is 0 Å². The van der Waals surface area contributed by atoms with Crippen LogP contribution in [0.4, 0.5) is 0 Å². The van der Waals surface area contributed by atoms with Crippen LogP contribution in [0.5, 0.6) is 0 Å².